The molecule has 0 saturated heterocycles. The van der Waals surface area contributed by atoms with E-state index in [2.05, 4.69) is 6.92 Å². The molecule has 0 aliphatic rings. The molecule has 5 heteroatoms. The number of hydrogen-bond donors (Lipinski definition) is 0. The molecule has 1 atom stereocenters. The lowest BCUT2D eigenvalue weighted by atomic mass is 10.1. The normalized spacial score (nSPS) is 11.9. The molecule has 0 N–H and O–H groups in total. The Bertz CT molecular complexity index is 795. The summed E-state index contributed by atoms with van der Waals surface area (Å²) < 4.78 is 21.6. The van der Waals surface area contributed by atoms with E-state index < -0.39 is 6.10 Å². The molecule has 2 aromatic carbocycles. The maximum atomic E-state index is 12.1. The lowest BCUT2D eigenvalue weighted by Crippen LogP contribution is -2.29. The first kappa shape index (κ1) is 22.3. The molecule has 0 aliphatic carbocycles. The Morgan fingerprint density at radius 3 is 2.21 bits per heavy atom. The van der Waals surface area contributed by atoms with Crippen LogP contribution in [-0.4, -0.2) is 32.9 Å². The zero-order valence-corrected chi connectivity index (χ0v) is 17.6. The van der Waals surface area contributed by atoms with Crippen LogP contribution in [0.5, 0.6) is 17.2 Å². The number of benzene rings is 2. The third-order valence-electron chi connectivity index (χ3n) is 4.40. The van der Waals surface area contributed by atoms with Crippen LogP contribution in [0.2, 0.25) is 0 Å². The molecule has 0 heterocycles. The fourth-order valence-electron chi connectivity index (χ4n) is 2.82. The van der Waals surface area contributed by atoms with Crippen molar-refractivity contribution in [3.8, 4) is 17.2 Å². The van der Waals surface area contributed by atoms with Gasteiger partial charge in [0.15, 0.2) is 17.6 Å². The van der Waals surface area contributed by atoms with Gasteiger partial charge in [-0.2, -0.15) is 0 Å². The Morgan fingerprint density at radius 1 is 0.931 bits per heavy atom. The summed E-state index contributed by atoms with van der Waals surface area (Å²) in [5.74, 6) is 1.74. The summed E-state index contributed by atoms with van der Waals surface area (Å²) in [5, 5.41) is 0. The van der Waals surface area contributed by atoms with Gasteiger partial charge in [0.1, 0.15) is 5.75 Å². The molecule has 2 aromatic rings. The fourth-order valence-corrected chi connectivity index (χ4v) is 2.82. The Kier molecular flexibility index (Phi) is 9.09. The third-order valence-corrected chi connectivity index (χ3v) is 4.40. The molecule has 0 aromatic heterocycles. The van der Waals surface area contributed by atoms with Crippen molar-refractivity contribution in [1.29, 1.82) is 0 Å². The Balaban J connectivity index is 2.05. The van der Waals surface area contributed by atoms with Crippen LogP contribution in [0.1, 0.15) is 44.2 Å². The Hall–Kier alpha value is -2.95. The lowest BCUT2D eigenvalue weighted by Gasteiger charge is -2.17. The van der Waals surface area contributed by atoms with Gasteiger partial charge in [0.05, 0.1) is 20.8 Å². The maximum Gasteiger partial charge on any atom is 0.347 e. The van der Waals surface area contributed by atoms with Crippen LogP contribution in [0.3, 0.4) is 0 Å². The molecule has 0 saturated carbocycles. The second-order valence-corrected chi connectivity index (χ2v) is 6.52. The summed E-state index contributed by atoms with van der Waals surface area (Å²) in [7, 11) is 3.24. The molecule has 1 unspecified atom stereocenters. The van der Waals surface area contributed by atoms with E-state index in [1.807, 2.05) is 54.6 Å². The van der Waals surface area contributed by atoms with Crippen LogP contribution >= 0.6 is 0 Å². The molecule has 0 aliphatic heterocycles. The number of esters is 1. The highest BCUT2D eigenvalue weighted by molar-refractivity contribution is 5.75. The molecule has 0 bridgehead atoms. The number of rotatable bonds is 11. The first-order valence-corrected chi connectivity index (χ1v) is 9.94. The monoisotopic (exact) mass is 398 g/mol. The van der Waals surface area contributed by atoms with E-state index in [1.54, 1.807) is 21.1 Å². The van der Waals surface area contributed by atoms with Gasteiger partial charge in [0.25, 0.3) is 0 Å². The summed E-state index contributed by atoms with van der Waals surface area (Å²) >= 11 is 0. The van der Waals surface area contributed by atoms with Crippen LogP contribution in [0.25, 0.3) is 12.2 Å². The molecule has 29 heavy (non-hydrogen) atoms. The molecule has 0 amide bonds. The Morgan fingerprint density at radius 2 is 1.59 bits per heavy atom. The summed E-state index contributed by atoms with van der Waals surface area (Å²) in [4.78, 5) is 12.1. The first-order valence-electron chi connectivity index (χ1n) is 9.94. The molecule has 5 nitrogen and oxygen atoms in total. The molecular formula is C24H30O5. The maximum absolute atomic E-state index is 12.1. The minimum Gasteiger partial charge on any atom is -0.493 e. The fraction of sp³-hybridized carbons (Fsp3) is 0.375. The van der Waals surface area contributed by atoms with Crippen LogP contribution in [0.4, 0.5) is 0 Å². The van der Waals surface area contributed by atoms with Gasteiger partial charge in [-0.3, -0.25) is 0 Å². The average Bonchev–Trinajstić information content (AvgIpc) is 2.75. The van der Waals surface area contributed by atoms with Crippen LogP contribution in [0.15, 0.2) is 42.5 Å². The molecule has 156 valence electrons. The average molecular weight is 398 g/mol. The highest BCUT2D eigenvalue weighted by atomic mass is 16.6. The highest BCUT2D eigenvalue weighted by Gasteiger charge is 2.21. The van der Waals surface area contributed by atoms with Crippen LogP contribution < -0.4 is 14.2 Å². The number of carbonyl (C=O) groups is 1. The SMILES string of the molecule is CCCCC(Oc1ccc(/C=C/c2ccc(OC)c(OC)c2)cc1)C(=O)OCC. The molecule has 2 rings (SSSR count). The molecule has 0 radical (unpaired) electrons. The van der Waals surface area contributed by atoms with Gasteiger partial charge in [0.2, 0.25) is 0 Å². The predicted octanol–water partition coefficient (Wildman–Crippen LogP) is 5.37. The minimum atomic E-state index is -0.567. The van der Waals surface area contributed by atoms with Gasteiger partial charge in [-0.1, -0.05) is 43.7 Å². The number of carbonyl (C=O) groups excluding carboxylic acids is 1. The first-order chi connectivity index (χ1) is 14.1. The number of unbranched alkanes of at least 4 members (excludes halogenated alkanes) is 1. The van der Waals surface area contributed by atoms with Crippen LogP contribution in [0, 0.1) is 0 Å². The second-order valence-electron chi connectivity index (χ2n) is 6.52. The number of methoxy groups -OCH3 is 2. The third kappa shape index (κ3) is 6.86. The van der Waals surface area contributed by atoms with Crippen LogP contribution in [-0.2, 0) is 9.53 Å². The number of ether oxygens (including phenoxy) is 4. The van der Waals surface area contributed by atoms with Crippen molar-refractivity contribution in [3.05, 3.63) is 53.6 Å². The number of hydrogen-bond acceptors (Lipinski definition) is 5. The second kappa shape index (κ2) is 11.8. The predicted molar refractivity (Wildman–Crippen MR) is 115 cm³/mol. The van der Waals surface area contributed by atoms with Gasteiger partial charge < -0.3 is 18.9 Å². The summed E-state index contributed by atoms with van der Waals surface area (Å²) in [6.07, 6.45) is 6.00. The van der Waals surface area contributed by atoms with E-state index >= 15 is 0 Å². The Labute approximate surface area is 173 Å². The quantitative estimate of drug-likeness (QED) is 0.376. The van der Waals surface area contributed by atoms with Crippen molar-refractivity contribution < 1.29 is 23.7 Å². The van der Waals surface area contributed by atoms with Gasteiger partial charge in [-0.05, 0) is 55.2 Å². The summed E-state index contributed by atoms with van der Waals surface area (Å²) in [5.41, 5.74) is 2.03. The standard InChI is InChI=1S/C24H30O5/c1-5-7-8-22(24(25)28-6-2)29-20-14-11-18(12-15-20)9-10-19-13-16-21(26-3)23(17-19)27-4/h9-17,22H,5-8H2,1-4H3/b10-9+. The zero-order valence-electron chi connectivity index (χ0n) is 17.6. The summed E-state index contributed by atoms with van der Waals surface area (Å²) in [6, 6.07) is 13.4. The van der Waals surface area contributed by atoms with E-state index in [1.165, 1.54) is 0 Å². The van der Waals surface area contributed by atoms with Gasteiger partial charge >= 0.3 is 5.97 Å². The topological polar surface area (TPSA) is 54.0 Å². The minimum absolute atomic E-state index is 0.307. The summed E-state index contributed by atoms with van der Waals surface area (Å²) in [6.45, 7) is 4.24. The van der Waals surface area contributed by atoms with E-state index in [9.17, 15) is 4.79 Å². The van der Waals surface area contributed by atoms with E-state index in [0.717, 1.165) is 24.0 Å². The van der Waals surface area contributed by atoms with E-state index in [4.69, 9.17) is 18.9 Å². The zero-order chi connectivity index (χ0) is 21.1. The van der Waals surface area contributed by atoms with Crippen molar-refractivity contribution in [3.63, 3.8) is 0 Å². The highest BCUT2D eigenvalue weighted by Crippen LogP contribution is 2.28. The van der Waals surface area contributed by atoms with Crippen molar-refractivity contribution in [2.75, 3.05) is 20.8 Å². The lowest BCUT2D eigenvalue weighted by molar-refractivity contribution is -0.151. The van der Waals surface area contributed by atoms with Crippen molar-refractivity contribution in [1.82, 2.24) is 0 Å². The van der Waals surface area contributed by atoms with Gasteiger partial charge in [0, 0.05) is 0 Å². The van der Waals surface area contributed by atoms with Crippen molar-refractivity contribution in [2.45, 2.75) is 39.2 Å². The molecular weight excluding hydrogens is 368 g/mol. The van der Waals surface area contributed by atoms with Crippen molar-refractivity contribution in [2.24, 2.45) is 0 Å². The molecule has 0 fully saturated rings. The smallest absolute Gasteiger partial charge is 0.347 e. The molecule has 0 spiro atoms. The van der Waals surface area contributed by atoms with E-state index in [-0.39, 0.29) is 5.97 Å². The van der Waals surface area contributed by atoms with E-state index in [0.29, 0.717) is 30.3 Å². The van der Waals surface area contributed by atoms with Crippen molar-refractivity contribution >= 4 is 18.1 Å². The largest absolute Gasteiger partial charge is 0.493 e. The van der Waals surface area contributed by atoms with Gasteiger partial charge in [-0.15, -0.1) is 0 Å². The van der Waals surface area contributed by atoms with Gasteiger partial charge in [-0.25, -0.2) is 4.79 Å².